The summed E-state index contributed by atoms with van der Waals surface area (Å²) in [5.74, 6) is -1.76. The maximum atomic E-state index is 11.8. The van der Waals surface area contributed by atoms with Gasteiger partial charge in [0.15, 0.2) is 0 Å². The lowest BCUT2D eigenvalue weighted by Crippen LogP contribution is -2.18. The number of benzene rings is 8. The summed E-state index contributed by atoms with van der Waals surface area (Å²) in [5, 5.41) is 98.2. The summed E-state index contributed by atoms with van der Waals surface area (Å²) in [6, 6.07) is 40.2. The molecule has 0 aromatic heterocycles. The molecule has 0 radical (unpaired) electrons. The summed E-state index contributed by atoms with van der Waals surface area (Å²) in [6.07, 6.45) is 1.12. The molecule has 0 saturated carbocycles. The summed E-state index contributed by atoms with van der Waals surface area (Å²) < 4.78 is 20.6. The molecule has 9 N–H and O–H groups in total. The van der Waals surface area contributed by atoms with Crippen molar-refractivity contribution in [2.24, 2.45) is 0 Å². The van der Waals surface area contributed by atoms with Crippen LogP contribution in [-0.4, -0.2) is 46.0 Å². The molecule has 0 unspecified atom stereocenters. The largest absolute Gasteiger partial charge is 0.508 e. The summed E-state index contributed by atoms with van der Waals surface area (Å²) >= 11 is 0. The molecule has 0 fully saturated rings. The molecule has 0 aliphatic carbocycles. The SMILES string of the molecule is Oc1ccc(/C=C/c2c(O)ccc3c2[C@@H](c2cc(O)cc4c2[C@@H](c2cc(O)cc5c2[C@@H](c2cc(O)cc(O)c2)[C@H](c2ccc(O)cc2)O5)[C@@H](c2ccc(O)cc2)O4)[C@@H](c2ccc(O)cc2)O3)cc1. The van der Waals surface area contributed by atoms with Crippen molar-refractivity contribution in [1.82, 2.24) is 0 Å². The van der Waals surface area contributed by atoms with Crippen molar-refractivity contribution in [2.75, 3.05) is 0 Å². The van der Waals surface area contributed by atoms with E-state index in [1.807, 2.05) is 0 Å². The third kappa shape index (κ3) is 7.28. The summed E-state index contributed by atoms with van der Waals surface area (Å²) in [7, 11) is 0. The van der Waals surface area contributed by atoms with E-state index >= 15 is 0 Å². The number of hydrogen-bond acceptors (Lipinski definition) is 12. The molecule has 0 bridgehead atoms. The van der Waals surface area contributed by atoms with E-state index in [-0.39, 0.29) is 51.7 Å². The van der Waals surface area contributed by atoms with Gasteiger partial charge >= 0.3 is 0 Å². The molecule has 11 rings (SSSR count). The molecule has 6 atom stereocenters. The van der Waals surface area contributed by atoms with E-state index in [1.54, 1.807) is 133 Å². The zero-order valence-electron chi connectivity index (χ0n) is 35.8. The summed E-state index contributed by atoms with van der Waals surface area (Å²) in [6.45, 7) is 0. The van der Waals surface area contributed by atoms with E-state index in [0.29, 0.717) is 72.9 Å². The third-order valence-corrected chi connectivity index (χ3v) is 13.1. The first-order valence-electron chi connectivity index (χ1n) is 21.8. The van der Waals surface area contributed by atoms with E-state index in [9.17, 15) is 46.0 Å². The van der Waals surface area contributed by atoms with Crippen LogP contribution in [0.4, 0.5) is 0 Å². The van der Waals surface area contributed by atoms with Crippen molar-refractivity contribution in [3.8, 4) is 69.0 Å². The highest BCUT2D eigenvalue weighted by Crippen LogP contribution is 2.63. The van der Waals surface area contributed by atoms with Gasteiger partial charge in [-0.2, -0.15) is 0 Å². The normalized spacial score (nSPS) is 20.0. The van der Waals surface area contributed by atoms with Gasteiger partial charge in [0.1, 0.15) is 87.3 Å². The predicted octanol–water partition coefficient (Wildman–Crippen LogP) is 11.0. The molecule has 0 amide bonds. The Morgan fingerprint density at radius 1 is 0.309 bits per heavy atom. The van der Waals surface area contributed by atoms with Crippen LogP contribution in [0.1, 0.15) is 97.3 Å². The van der Waals surface area contributed by atoms with Crippen molar-refractivity contribution in [3.05, 3.63) is 213 Å². The van der Waals surface area contributed by atoms with Crippen molar-refractivity contribution < 1.29 is 60.2 Å². The number of rotatable bonds is 8. The molecular weight excluding hydrogens is 865 g/mol. The molecule has 0 saturated heterocycles. The second-order valence-electron chi connectivity index (χ2n) is 17.3. The van der Waals surface area contributed by atoms with Crippen molar-refractivity contribution in [3.63, 3.8) is 0 Å². The predicted molar refractivity (Wildman–Crippen MR) is 251 cm³/mol. The molecule has 8 aromatic rings. The standard InChI is InChI=1S/C56H42O12/c57-33-10-1-28(2-11-33)3-18-41-44(65)19-20-45-49(41)52(55(66-45)30-6-14-35(59)15-7-30)43-25-40(64)27-47-51(43)53(56(68-47)31-8-16-36(60)17-9-31)42-24-39(63)26-46-50(42)48(32-21-37(61)23-38(62)22-32)54(67-46)29-4-12-34(58)13-5-29/h1-27,48,52-65H/b18-3+/t48-,52-,53-,54+,55-,56-/m1/s1. The van der Waals surface area contributed by atoms with Gasteiger partial charge < -0.3 is 60.2 Å². The van der Waals surface area contributed by atoms with E-state index in [0.717, 1.165) is 5.56 Å². The minimum atomic E-state index is -0.866. The molecule has 12 heteroatoms. The second kappa shape index (κ2) is 16.2. The highest BCUT2D eigenvalue weighted by atomic mass is 16.5. The third-order valence-electron chi connectivity index (χ3n) is 13.1. The highest BCUT2D eigenvalue weighted by molar-refractivity contribution is 5.78. The van der Waals surface area contributed by atoms with Gasteiger partial charge in [0.05, 0.1) is 17.8 Å². The fraction of sp³-hybridized carbons (Fsp3) is 0.107. The van der Waals surface area contributed by atoms with Crippen molar-refractivity contribution in [2.45, 2.75) is 36.1 Å². The van der Waals surface area contributed by atoms with Crippen LogP contribution in [0, 0.1) is 0 Å². The molecule has 3 heterocycles. The highest BCUT2D eigenvalue weighted by Gasteiger charge is 2.49. The zero-order chi connectivity index (χ0) is 47.0. The van der Waals surface area contributed by atoms with E-state index in [2.05, 4.69) is 0 Å². The van der Waals surface area contributed by atoms with E-state index < -0.39 is 36.1 Å². The van der Waals surface area contributed by atoms with E-state index in [4.69, 9.17) is 14.2 Å². The lowest BCUT2D eigenvalue weighted by atomic mass is 9.73. The number of fused-ring (bicyclic) bond motifs is 3. The average molecular weight is 907 g/mol. The Kier molecular flexibility index (Phi) is 9.96. The van der Waals surface area contributed by atoms with Crippen molar-refractivity contribution in [1.29, 1.82) is 0 Å². The van der Waals surface area contributed by atoms with Crippen LogP contribution < -0.4 is 14.2 Å². The Morgan fingerprint density at radius 3 is 1.19 bits per heavy atom. The number of phenolic OH excluding ortho intramolecular Hbond substituents is 9. The van der Waals surface area contributed by atoms with Gasteiger partial charge in [0.25, 0.3) is 0 Å². The van der Waals surface area contributed by atoms with Crippen LogP contribution >= 0.6 is 0 Å². The number of phenols is 9. The van der Waals surface area contributed by atoms with Gasteiger partial charge in [0.2, 0.25) is 0 Å². The van der Waals surface area contributed by atoms with Crippen molar-refractivity contribution >= 4 is 12.2 Å². The molecule has 68 heavy (non-hydrogen) atoms. The lowest BCUT2D eigenvalue weighted by Gasteiger charge is -2.28. The molecule has 0 spiro atoms. The maximum Gasteiger partial charge on any atom is 0.135 e. The van der Waals surface area contributed by atoms with Gasteiger partial charge in [-0.25, -0.2) is 0 Å². The van der Waals surface area contributed by atoms with Gasteiger partial charge in [-0.05, 0) is 124 Å². The van der Waals surface area contributed by atoms with Crippen LogP contribution in [0.5, 0.6) is 69.0 Å². The van der Waals surface area contributed by atoms with Gasteiger partial charge in [-0.3, -0.25) is 0 Å². The van der Waals surface area contributed by atoms with Crippen LogP contribution in [0.2, 0.25) is 0 Å². The van der Waals surface area contributed by atoms with Gasteiger partial charge in [-0.15, -0.1) is 0 Å². The molecule has 3 aliphatic rings. The van der Waals surface area contributed by atoms with E-state index in [1.165, 1.54) is 30.3 Å². The monoisotopic (exact) mass is 906 g/mol. The molecule has 338 valence electrons. The number of aromatic hydroxyl groups is 9. The summed E-state index contributed by atoms with van der Waals surface area (Å²) in [4.78, 5) is 0. The Bertz CT molecular complexity index is 3250. The first kappa shape index (κ1) is 41.8. The molecule has 12 nitrogen and oxygen atoms in total. The average Bonchev–Trinajstić information content (AvgIpc) is 4.01. The van der Waals surface area contributed by atoms with Crippen LogP contribution in [0.25, 0.3) is 12.2 Å². The van der Waals surface area contributed by atoms with Gasteiger partial charge in [-0.1, -0.05) is 60.7 Å². The quantitative estimate of drug-likeness (QED) is 0.0652. The Morgan fingerprint density at radius 2 is 0.706 bits per heavy atom. The fourth-order valence-electron chi connectivity index (χ4n) is 10.2. The summed E-state index contributed by atoms with van der Waals surface area (Å²) in [5.41, 5.74) is 6.51. The van der Waals surface area contributed by atoms with Crippen LogP contribution in [-0.2, 0) is 0 Å². The smallest absolute Gasteiger partial charge is 0.135 e. The van der Waals surface area contributed by atoms with Crippen LogP contribution in [0.3, 0.4) is 0 Å². The lowest BCUT2D eigenvalue weighted by molar-refractivity contribution is 0.219. The topological polar surface area (TPSA) is 210 Å². The fourth-order valence-corrected chi connectivity index (χ4v) is 10.2. The molecule has 8 aromatic carbocycles. The first-order chi connectivity index (χ1) is 32.9. The zero-order valence-corrected chi connectivity index (χ0v) is 35.8. The minimum Gasteiger partial charge on any atom is -0.508 e. The number of ether oxygens (including phenoxy) is 3. The maximum absolute atomic E-state index is 11.8. The Labute approximate surface area is 389 Å². The second-order valence-corrected chi connectivity index (χ2v) is 17.3. The Hall–Kier alpha value is -8.90. The molecule has 3 aliphatic heterocycles. The van der Waals surface area contributed by atoms with Crippen LogP contribution in [0.15, 0.2) is 152 Å². The number of hydrogen-bond donors (Lipinski definition) is 9. The minimum absolute atomic E-state index is 0.0236. The molecular formula is C56H42O12. The first-order valence-corrected chi connectivity index (χ1v) is 21.8. The van der Waals surface area contributed by atoms with Gasteiger partial charge in [0, 0.05) is 40.5 Å². The Balaban J connectivity index is 1.18.